The summed E-state index contributed by atoms with van der Waals surface area (Å²) in [6.45, 7) is 0.168. The second kappa shape index (κ2) is 10.5. The van der Waals surface area contributed by atoms with Crippen LogP contribution in [0, 0.1) is 0 Å². The van der Waals surface area contributed by atoms with E-state index in [4.69, 9.17) is 4.74 Å². The minimum atomic E-state index is -0.990. The molecule has 0 spiro atoms. The molecule has 1 atom stereocenters. The summed E-state index contributed by atoms with van der Waals surface area (Å²) in [4.78, 5) is 24.9. The number of carbonyl (C=O) groups excluding carboxylic acids is 1. The van der Waals surface area contributed by atoms with Crippen molar-refractivity contribution in [1.82, 2.24) is 5.32 Å². The lowest BCUT2D eigenvalue weighted by atomic mass is 9.83. The van der Waals surface area contributed by atoms with Crippen LogP contribution in [0.15, 0.2) is 109 Å². The molecule has 5 nitrogen and oxygen atoms in total. The zero-order valence-electron chi connectivity index (χ0n) is 19.7. The summed E-state index contributed by atoms with van der Waals surface area (Å²) in [5.41, 5.74) is 6.40. The first kappa shape index (κ1) is 23.4. The number of benzene rings is 4. The molecule has 4 aromatic carbocycles. The molecule has 0 heterocycles. The summed E-state index contributed by atoms with van der Waals surface area (Å²) in [5.74, 6) is -1.40. The van der Waals surface area contributed by atoms with Gasteiger partial charge in [-0.2, -0.15) is 0 Å². The average molecular weight is 478 g/mol. The molecule has 5 rings (SSSR count). The maximum Gasteiger partial charge on any atom is 0.407 e. The Hall–Kier alpha value is -4.38. The molecule has 0 fully saturated rings. The fraction of sp³-hybridized carbons (Fsp3) is 0.161. The summed E-state index contributed by atoms with van der Waals surface area (Å²) in [6.07, 6.45) is -0.862. The van der Waals surface area contributed by atoms with E-state index in [1.165, 1.54) is 0 Å². The molecule has 5 heteroatoms. The van der Waals surface area contributed by atoms with Crippen molar-refractivity contribution in [2.75, 3.05) is 6.61 Å². The Balaban J connectivity index is 1.37. The number of fused-ring (bicyclic) bond motifs is 3. The number of rotatable bonds is 8. The van der Waals surface area contributed by atoms with Gasteiger partial charge in [0.15, 0.2) is 0 Å². The maximum absolute atomic E-state index is 13.1. The predicted octanol–water partition coefficient (Wildman–Crippen LogP) is 6.20. The molecule has 0 aromatic heterocycles. The van der Waals surface area contributed by atoms with E-state index in [1.54, 1.807) is 0 Å². The van der Waals surface area contributed by atoms with Gasteiger partial charge in [-0.3, -0.25) is 4.79 Å². The van der Waals surface area contributed by atoms with Gasteiger partial charge < -0.3 is 15.2 Å². The Morgan fingerprint density at radius 2 is 1.19 bits per heavy atom. The van der Waals surface area contributed by atoms with E-state index in [0.29, 0.717) is 0 Å². The number of carboxylic acid groups (broad SMARTS) is 1. The van der Waals surface area contributed by atoms with Crippen LogP contribution in [-0.4, -0.2) is 29.8 Å². The van der Waals surface area contributed by atoms with Crippen molar-refractivity contribution in [3.05, 3.63) is 131 Å². The van der Waals surface area contributed by atoms with Gasteiger partial charge >= 0.3 is 12.1 Å². The van der Waals surface area contributed by atoms with Crippen LogP contribution in [0.25, 0.3) is 11.1 Å². The molecule has 2 N–H and O–H groups in total. The highest BCUT2D eigenvalue weighted by molar-refractivity contribution is 5.79. The number of ether oxygens (including phenoxy) is 1. The van der Waals surface area contributed by atoms with Crippen molar-refractivity contribution in [3.63, 3.8) is 0 Å². The van der Waals surface area contributed by atoms with Gasteiger partial charge in [0.05, 0.1) is 12.5 Å². The van der Waals surface area contributed by atoms with Crippen LogP contribution in [0.5, 0.6) is 0 Å². The van der Waals surface area contributed by atoms with Crippen molar-refractivity contribution >= 4 is 12.1 Å². The van der Waals surface area contributed by atoms with Gasteiger partial charge in [0.1, 0.15) is 6.61 Å². The van der Waals surface area contributed by atoms with E-state index in [2.05, 4.69) is 29.6 Å². The number of hydrogen-bond donors (Lipinski definition) is 2. The minimum absolute atomic E-state index is 0.0693. The third kappa shape index (κ3) is 4.86. The second-order valence-electron chi connectivity index (χ2n) is 8.97. The van der Waals surface area contributed by atoms with Gasteiger partial charge in [0, 0.05) is 11.8 Å². The van der Waals surface area contributed by atoms with Crippen molar-refractivity contribution in [1.29, 1.82) is 0 Å². The zero-order chi connectivity index (χ0) is 24.9. The number of carbonyl (C=O) groups is 2. The predicted molar refractivity (Wildman–Crippen MR) is 139 cm³/mol. The van der Waals surface area contributed by atoms with Crippen LogP contribution in [0.3, 0.4) is 0 Å². The Kier molecular flexibility index (Phi) is 6.80. The first-order valence-electron chi connectivity index (χ1n) is 12.0. The number of carboxylic acids is 1. The van der Waals surface area contributed by atoms with E-state index < -0.39 is 18.1 Å². The maximum atomic E-state index is 13.1. The quantitative estimate of drug-likeness (QED) is 0.317. The van der Waals surface area contributed by atoms with Gasteiger partial charge in [-0.15, -0.1) is 0 Å². The first-order valence-corrected chi connectivity index (χ1v) is 12.0. The largest absolute Gasteiger partial charge is 0.481 e. The number of hydrogen-bond acceptors (Lipinski definition) is 3. The SMILES string of the molecule is O=C(O)C[C@H](NC(=O)OCC1c2ccccc2-c2ccccc21)C(c1ccccc1)c1ccccc1. The number of amides is 1. The molecule has 0 saturated carbocycles. The molecule has 0 unspecified atom stereocenters. The third-order valence-corrected chi connectivity index (χ3v) is 6.76. The van der Waals surface area contributed by atoms with E-state index in [-0.39, 0.29) is 24.9 Å². The fourth-order valence-electron chi connectivity index (χ4n) is 5.21. The molecule has 1 amide bonds. The Bertz CT molecular complexity index is 1270. The Morgan fingerprint density at radius 1 is 0.722 bits per heavy atom. The normalized spacial score (nSPS) is 13.0. The molecule has 0 bridgehead atoms. The highest BCUT2D eigenvalue weighted by Crippen LogP contribution is 2.44. The molecular weight excluding hydrogens is 450 g/mol. The lowest BCUT2D eigenvalue weighted by Gasteiger charge is -2.28. The molecule has 180 valence electrons. The minimum Gasteiger partial charge on any atom is -0.481 e. The number of aliphatic carboxylic acids is 1. The number of nitrogens with one attached hydrogen (secondary N) is 1. The van der Waals surface area contributed by atoms with Crippen molar-refractivity contribution in [2.24, 2.45) is 0 Å². The monoisotopic (exact) mass is 477 g/mol. The lowest BCUT2D eigenvalue weighted by molar-refractivity contribution is -0.137. The van der Waals surface area contributed by atoms with Gasteiger partial charge in [-0.25, -0.2) is 4.79 Å². The van der Waals surface area contributed by atoms with Gasteiger partial charge in [-0.05, 0) is 33.4 Å². The highest BCUT2D eigenvalue weighted by atomic mass is 16.5. The Labute approximate surface area is 210 Å². The van der Waals surface area contributed by atoms with Crippen LogP contribution in [-0.2, 0) is 9.53 Å². The first-order chi connectivity index (χ1) is 17.6. The summed E-state index contributed by atoms with van der Waals surface area (Å²) in [5, 5.41) is 12.5. The van der Waals surface area contributed by atoms with Gasteiger partial charge in [0.25, 0.3) is 0 Å². The average Bonchev–Trinajstić information content (AvgIpc) is 3.22. The Morgan fingerprint density at radius 3 is 1.69 bits per heavy atom. The van der Waals surface area contributed by atoms with E-state index in [1.807, 2.05) is 84.9 Å². The molecule has 0 saturated heterocycles. The molecule has 1 aliphatic rings. The molecule has 36 heavy (non-hydrogen) atoms. The summed E-state index contributed by atoms with van der Waals surface area (Å²) >= 11 is 0. The number of alkyl carbamates (subject to hydrolysis) is 1. The third-order valence-electron chi connectivity index (χ3n) is 6.76. The molecule has 1 aliphatic carbocycles. The molecule has 0 radical (unpaired) electrons. The summed E-state index contributed by atoms with van der Waals surface area (Å²) in [6, 6.07) is 34.9. The van der Waals surface area contributed by atoms with Crippen LogP contribution < -0.4 is 5.32 Å². The molecule has 4 aromatic rings. The van der Waals surface area contributed by atoms with Crippen LogP contribution in [0.1, 0.15) is 40.5 Å². The van der Waals surface area contributed by atoms with Crippen molar-refractivity contribution < 1.29 is 19.4 Å². The second-order valence-corrected chi connectivity index (χ2v) is 8.97. The van der Waals surface area contributed by atoms with Crippen LogP contribution in [0.4, 0.5) is 4.79 Å². The van der Waals surface area contributed by atoms with Gasteiger partial charge in [-0.1, -0.05) is 109 Å². The zero-order valence-corrected chi connectivity index (χ0v) is 19.7. The van der Waals surface area contributed by atoms with Crippen molar-refractivity contribution in [3.8, 4) is 11.1 Å². The molecular formula is C31H27NO4. The van der Waals surface area contributed by atoms with Gasteiger partial charge in [0.2, 0.25) is 0 Å². The van der Waals surface area contributed by atoms with E-state index in [0.717, 1.165) is 33.4 Å². The van der Waals surface area contributed by atoms with Crippen LogP contribution >= 0.6 is 0 Å². The molecule has 0 aliphatic heterocycles. The standard InChI is InChI=1S/C31H27NO4/c33-29(34)19-28(30(21-11-3-1-4-12-21)22-13-5-2-6-14-22)32-31(35)36-20-27-25-17-9-7-15-23(25)24-16-8-10-18-26(24)27/h1-18,27-28,30H,19-20H2,(H,32,35)(H,33,34)/t28-/m0/s1. The van der Waals surface area contributed by atoms with E-state index in [9.17, 15) is 14.7 Å². The topological polar surface area (TPSA) is 75.6 Å². The fourth-order valence-corrected chi connectivity index (χ4v) is 5.21. The van der Waals surface area contributed by atoms with Crippen molar-refractivity contribution in [2.45, 2.75) is 24.3 Å². The smallest absolute Gasteiger partial charge is 0.407 e. The summed E-state index contributed by atoms with van der Waals surface area (Å²) in [7, 11) is 0. The summed E-state index contributed by atoms with van der Waals surface area (Å²) < 4.78 is 5.73. The van der Waals surface area contributed by atoms with E-state index >= 15 is 0 Å². The van der Waals surface area contributed by atoms with Crippen LogP contribution in [0.2, 0.25) is 0 Å². The highest BCUT2D eigenvalue weighted by Gasteiger charge is 2.31. The lowest BCUT2D eigenvalue weighted by Crippen LogP contribution is -2.42.